The lowest BCUT2D eigenvalue weighted by atomic mass is 10.3. The van der Waals surface area contributed by atoms with Crippen molar-refractivity contribution in [2.45, 2.75) is 13.3 Å². The molecule has 1 amide bonds. The van der Waals surface area contributed by atoms with Gasteiger partial charge in [0.15, 0.2) is 0 Å². The number of amides is 1. The van der Waals surface area contributed by atoms with Gasteiger partial charge in [0, 0.05) is 9.50 Å². The van der Waals surface area contributed by atoms with Crippen molar-refractivity contribution in [3.8, 4) is 0 Å². The second-order valence-electron chi connectivity index (χ2n) is 3.35. The maximum atomic E-state index is 11.5. The fraction of sp³-hybridized carbons (Fsp3) is 0.364. The Morgan fingerprint density at radius 1 is 1.50 bits per heavy atom. The molecule has 88 valence electrons. The highest BCUT2D eigenvalue weighted by atomic mass is 79.9. The molecule has 0 bridgehead atoms. The van der Waals surface area contributed by atoms with Gasteiger partial charge in [-0.1, -0.05) is 18.5 Å². The van der Waals surface area contributed by atoms with Crippen LogP contribution in [0.2, 0.25) is 5.02 Å². The molecule has 0 heterocycles. The van der Waals surface area contributed by atoms with Crippen LogP contribution in [0.25, 0.3) is 0 Å². The number of benzene rings is 1. The van der Waals surface area contributed by atoms with E-state index in [2.05, 4.69) is 33.5 Å². The van der Waals surface area contributed by atoms with Crippen LogP contribution in [0, 0.1) is 0 Å². The van der Waals surface area contributed by atoms with E-state index in [1.165, 1.54) is 0 Å². The standard InChI is InChI=1S/C11H14BrClN2O/c1-2-5-14-7-11(16)15-10-6-8(13)3-4-9(10)12/h3-4,6,14H,2,5,7H2,1H3,(H,15,16). The number of halogens is 2. The fourth-order valence-corrected chi connectivity index (χ4v) is 1.68. The summed E-state index contributed by atoms with van der Waals surface area (Å²) in [5.74, 6) is -0.0728. The van der Waals surface area contributed by atoms with Gasteiger partial charge in [-0.15, -0.1) is 0 Å². The third kappa shape index (κ3) is 4.51. The Balaban J connectivity index is 2.52. The van der Waals surface area contributed by atoms with Crippen LogP contribution < -0.4 is 10.6 Å². The van der Waals surface area contributed by atoms with Crippen LogP contribution in [0.3, 0.4) is 0 Å². The maximum Gasteiger partial charge on any atom is 0.238 e. The Kier molecular flexibility index (Phi) is 5.80. The monoisotopic (exact) mass is 304 g/mol. The van der Waals surface area contributed by atoms with Gasteiger partial charge in [0.1, 0.15) is 0 Å². The molecule has 0 radical (unpaired) electrons. The summed E-state index contributed by atoms with van der Waals surface area (Å²) in [5.41, 5.74) is 0.691. The van der Waals surface area contributed by atoms with E-state index in [4.69, 9.17) is 11.6 Å². The van der Waals surface area contributed by atoms with Crippen LogP contribution in [0.15, 0.2) is 22.7 Å². The van der Waals surface area contributed by atoms with Gasteiger partial charge >= 0.3 is 0 Å². The van der Waals surface area contributed by atoms with Gasteiger partial charge in [-0.25, -0.2) is 0 Å². The van der Waals surface area contributed by atoms with Gasteiger partial charge in [-0.3, -0.25) is 4.79 Å². The summed E-state index contributed by atoms with van der Waals surface area (Å²) < 4.78 is 0.820. The second kappa shape index (κ2) is 6.89. The van der Waals surface area contributed by atoms with Crippen molar-refractivity contribution in [1.82, 2.24) is 5.32 Å². The minimum Gasteiger partial charge on any atom is -0.324 e. The molecule has 5 heteroatoms. The van der Waals surface area contributed by atoms with E-state index in [0.29, 0.717) is 17.3 Å². The zero-order valence-electron chi connectivity index (χ0n) is 9.02. The molecule has 0 aliphatic heterocycles. The van der Waals surface area contributed by atoms with Gasteiger partial charge in [0.2, 0.25) is 5.91 Å². The van der Waals surface area contributed by atoms with Gasteiger partial charge in [-0.2, -0.15) is 0 Å². The van der Waals surface area contributed by atoms with Crippen LogP contribution in [0.5, 0.6) is 0 Å². The molecule has 0 atom stereocenters. The number of carbonyl (C=O) groups is 1. The Hall–Kier alpha value is -0.580. The van der Waals surface area contributed by atoms with Crippen LogP contribution in [-0.4, -0.2) is 19.0 Å². The Labute approximate surface area is 109 Å². The predicted octanol–water partition coefficient (Wildman–Crippen LogP) is 3.04. The number of rotatable bonds is 5. The minimum absolute atomic E-state index is 0.0728. The summed E-state index contributed by atoms with van der Waals surface area (Å²) in [7, 11) is 0. The van der Waals surface area contributed by atoms with E-state index in [1.807, 2.05) is 0 Å². The SMILES string of the molecule is CCCNCC(=O)Nc1cc(Cl)ccc1Br. The highest BCUT2D eigenvalue weighted by Crippen LogP contribution is 2.25. The Morgan fingerprint density at radius 3 is 2.94 bits per heavy atom. The lowest BCUT2D eigenvalue weighted by Gasteiger charge is -2.08. The summed E-state index contributed by atoms with van der Waals surface area (Å²) >= 11 is 9.19. The average molecular weight is 306 g/mol. The van der Waals surface area contributed by atoms with E-state index < -0.39 is 0 Å². The molecule has 0 aromatic heterocycles. The molecule has 2 N–H and O–H groups in total. The van der Waals surface area contributed by atoms with Gasteiger partial charge in [0.05, 0.1) is 12.2 Å². The quantitative estimate of drug-likeness (QED) is 0.821. The number of carbonyl (C=O) groups excluding carboxylic acids is 1. The van der Waals surface area contributed by atoms with E-state index in [-0.39, 0.29) is 5.91 Å². The fourth-order valence-electron chi connectivity index (χ4n) is 1.17. The topological polar surface area (TPSA) is 41.1 Å². The summed E-state index contributed by atoms with van der Waals surface area (Å²) in [4.78, 5) is 11.5. The summed E-state index contributed by atoms with van der Waals surface area (Å²) in [6.45, 7) is 3.20. The van der Waals surface area contributed by atoms with Crippen molar-refractivity contribution in [2.24, 2.45) is 0 Å². The van der Waals surface area contributed by atoms with Crippen LogP contribution >= 0.6 is 27.5 Å². The van der Waals surface area contributed by atoms with E-state index in [9.17, 15) is 4.79 Å². The molecule has 0 unspecified atom stereocenters. The molecule has 0 fully saturated rings. The highest BCUT2D eigenvalue weighted by molar-refractivity contribution is 9.10. The normalized spacial score (nSPS) is 10.2. The molecule has 16 heavy (non-hydrogen) atoms. The van der Waals surface area contributed by atoms with Crippen molar-refractivity contribution in [3.63, 3.8) is 0 Å². The molecule has 3 nitrogen and oxygen atoms in total. The number of anilines is 1. The largest absolute Gasteiger partial charge is 0.324 e. The van der Waals surface area contributed by atoms with Crippen molar-refractivity contribution >= 4 is 39.1 Å². The molecule has 0 aliphatic rings. The van der Waals surface area contributed by atoms with Gasteiger partial charge in [0.25, 0.3) is 0 Å². The first-order valence-corrected chi connectivity index (χ1v) is 6.26. The number of hydrogen-bond acceptors (Lipinski definition) is 2. The van der Waals surface area contributed by atoms with Crippen molar-refractivity contribution in [2.75, 3.05) is 18.4 Å². The first-order chi connectivity index (χ1) is 7.63. The van der Waals surface area contributed by atoms with Crippen LogP contribution in [0.4, 0.5) is 5.69 Å². The molecular weight excluding hydrogens is 291 g/mol. The third-order valence-corrected chi connectivity index (χ3v) is 2.84. The predicted molar refractivity (Wildman–Crippen MR) is 70.9 cm³/mol. The van der Waals surface area contributed by atoms with Crippen LogP contribution in [-0.2, 0) is 4.79 Å². The molecule has 1 aromatic rings. The zero-order valence-corrected chi connectivity index (χ0v) is 11.4. The second-order valence-corrected chi connectivity index (χ2v) is 4.64. The van der Waals surface area contributed by atoms with Gasteiger partial charge < -0.3 is 10.6 Å². The Bertz CT molecular complexity index is 371. The zero-order chi connectivity index (χ0) is 12.0. The molecule has 1 rings (SSSR count). The summed E-state index contributed by atoms with van der Waals surface area (Å²) in [6.07, 6.45) is 1.01. The van der Waals surface area contributed by atoms with Crippen molar-refractivity contribution in [3.05, 3.63) is 27.7 Å². The lowest BCUT2D eigenvalue weighted by molar-refractivity contribution is -0.115. The molecule has 0 spiro atoms. The average Bonchev–Trinajstić information content (AvgIpc) is 2.24. The van der Waals surface area contributed by atoms with Crippen molar-refractivity contribution in [1.29, 1.82) is 0 Å². The molecule has 0 saturated carbocycles. The first-order valence-electron chi connectivity index (χ1n) is 5.09. The van der Waals surface area contributed by atoms with Crippen LogP contribution in [0.1, 0.15) is 13.3 Å². The van der Waals surface area contributed by atoms with E-state index in [1.54, 1.807) is 18.2 Å². The Morgan fingerprint density at radius 2 is 2.25 bits per heavy atom. The number of nitrogens with one attached hydrogen (secondary N) is 2. The smallest absolute Gasteiger partial charge is 0.238 e. The third-order valence-electron chi connectivity index (χ3n) is 1.91. The lowest BCUT2D eigenvalue weighted by Crippen LogP contribution is -2.28. The molecular formula is C11H14BrClN2O. The minimum atomic E-state index is -0.0728. The molecule has 0 aliphatic carbocycles. The maximum absolute atomic E-state index is 11.5. The molecule has 0 saturated heterocycles. The number of hydrogen-bond donors (Lipinski definition) is 2. The summed E-state index contributed by atoms with van der Waals surface area (Å²) in [5, 5.41) is 6.40. The van der Waals surface area contributed by atoms with E-state index >= 15 is 0 Å². The molecule has 1 aromatic carbocycles. The van der Waals surface area contributed by atoms with E-state index in [0.717, 1.165) is 17.4 Å². The summed E-state index contributed by atoms with van der Waals surface area (Å²) in [6, 6.07) is 5.28. The first kappa shape index (κ1) is 13.5. The van der Waals surface area contributed by atoms with Crippen molar-refractivity contribution < 1.29 is 4.79 Å². The van der Waals surface area contributed by atoms with Gasteiger partial charge in [-0.05, 0) is 47.1 Å². The highest BCUT2D eigenvalue weighted by Gasteiger charge is 2.05.